The summed E-state index contributed by atoms with van der Waals surface area (Å²) in [5.41, 5.74) is 2.95. The zero-order chi connectivity index (χ0) is 13.2. The third-order valence-electron chi connectivity index (χ3n) is 3.14. The Morgan fingerprint density at radius 1 is 1.00 bits per heavy atom. The number of hydrogen-bond donors (Lipinski definition) is 1. The van der Waals surface area contributed by atoms with Gasteiger partial charge >= 0.3 is 0 Å². The molecule has 0 bridgehead atoms. The fourth-order valence-corrected chi connectivity index (χ4v) is 2.05. The molecule has 19 heavy (non-hydrogen) atoms. The van der Waals surface area contributed by atoms with E-state index >= 15 is 0 Å². The summed E-state index contributed by atoms with van der Waals surface area (Å²) in [6.45, 7) is 2.30. The minimum absolute atomic E-state index is 0.275. The Hall–Kier alpha value is -2.42. The first-order valence-corrected chi connectivity index (χ1v) is 6.10. The van der Waals surface area contributed by atoms with E-state index < -0.39 is 0 Å². The van der Waals surface area contributed by atoms with Gasteiger partial charge in [-0.05, 0) is 36.2 Å². The number of phenols is 1. The first kappa shape index (κ1) is 11.7. The van der Waals surface area contributed by atoms with Crippen LogP contribution in [0.4, 0.5) is 0 Å². The average molecular weight is 254 g/mol. The Morgan fingerprint density at radius 2 is 1.68 bits per heavy atom. The number of rotatable bonds is 2. The zero-order valence-corrected chi connectivity index (χ0v) is 10.6. The van der Waals surface area contributed by atoms with Crippen molar-refractivity contribution in [2.75, 3.05) is 6.79 Å². The lowest BCUT2D eigenvalue weighted by Gasteiger charge is -2.03. The van der Waals surface area contributed by atoms with Gasteiger partial charge in [-0.15, -0.1) is 0 Å². The maximum absolute atomic E-state index is 9.72. The molecule has 0 atom stereocenters. The van der Waals surface area contributed by atoms with Crippen LogP contribution in [-0.4, -0.2) is 11.9 Å². The molecule has 96 valence electrons. The van der Waals surface area contributed by atoms with Crippen LogP contribution in [0.1, 0.15) is 16.7 Å². The lowest BCUT2D eigenvalue weighted by atomic mass is 10.1. The lowest BCUT2D eigenvalue weighted by Crippen LogP contribution is -1.92. The Balaban J connectivity index is 1.94. The number of fused-ring (bicyclic) bond motifs is 1. The second-order valence-corrected chi connectivity index (χ2v) is 4.45. The Bertz CT molecular complexity index is 644. The Labute approximate surface area is 111 Å². The smallest absolute Gasteiger partial charge is 0.231 e. The van der Waals surface area contributed by atoms with Gasteiger partial charge in [-0.2, -0.15) is 0 Å². The zero-order valence-electron chi connectivity index (χ0n) is 10.6. The summed E-state index contributed by atoms with van der Waals surface area (Å²) in [4.78, 5) is 0. The summed E-state index contributed by atoms with van der Waals surface area (Å²) in [6.07, 6.45) is 3.85. The van der Waals surface area contributed by atoms with Gasteiger partial charge in [0.25, 0.3) is 0 Å². The molecule has 0 radical (unpaired) electrons. The Kier molecular flexibility index (Phi) is 2.88. The first-order chi connectivity index (χ1) is 9.24. The van der Waals surface area contributed by atoms with Crippen molar-refractivity contribution in [2.24, 2.45) is 0 Å². The molecule has 0 saturated carbocycles. The number of aromatic hydroxyl groups is 1. The summed E-state index contributed by atoms with van der Waals surface area (Å²) in [5, 5.41) is 9.72. The van der Waals surface area contributed by atoms with Crippen LogP contribution >= 0.6 is 0 Å². The fraction of sp³-hybridized carbons (Fsp3) is 0.125. The normalized spacial score (nSPS) is 13.1. The molecule has 0 unspecified atom stereocenters. The van der Waals surface area contributed by atoms with Gasteiger partial charge in [0.05, 0.1) is 0 Å². The van der Waals surface area contributed by atoms with Crippen LogP contribution in [0.5, 0.6) is 17.2 Å². The van der Waals surface area contributed by atoms with E-state index in [1.807, 2.05) is 43.3 Å². The van der Waals surface area contributed by atoms with Crippen LogP contribution in [0.25, 0.3) is 12.2 Å². The third-order valence-corrected chi connectivity index (χ3v) is 3.14. The number of para-hydroxylation sites is 1. The van der Waals surface area contributed by atoms with E-state index in [1.54, 1.807) is 12.1 Å². The largest absolute Gasteiger partial charge is 0.507 e. The van der Waals surface area contributed by atoms with E-state index in [2.05, 4.69) is 0 Å². The van der Waals surface area contributed by atoms with Gasteiger partial charge in [0.15, 0.2) is 11.5 Å². The molecule has 0 aliphatic carbocycles. The monoisotopic (exact) mass is 254 g/mol. The molecule has 1 heterocycles. The highest BCUT2D eigenvalue weighted by atomic mass is 16.7. The average Bonchev–Trinajstić information content (AvgIpc) is 2.84. The van der Waals surface area contributed by atoms with E-state index in [-0.39, 0.29) is 12.5 Å². The summed E-state index contributed by atoms with van der Waals surface area (Å²) >= 11 is 0. The minimum atomic E-state index is 0.275. The van der Waals surface area contributed by atoms with Crippen LogP contribution < -0.4 is 9.47 Å². The summed E-state index contributed by atoms with van der Waals surface area (Å²) in [6, 6.07) is 11.2. The van der Waals surface area contributed by atoms with Crippen molar-refractivity contribution >= 4 is 12.2 Å². The maximum Gasteiger partial charge on any atom is 0.231 e. The maximum atomic E-state index is 9.72. The second kappa shape index (κ2) is 4.69. The first-order valence-electron chi connectivity index (χ1n) is 6.10. The molecule has 0 fully saturated rings. The Morgan fingerprint density at radius 3 is 2.47 bits per heavy atom. The predicted octanol–water partition coefficient (Wildman–Crippen LogP) is 3.60. The van der Waals surface area contributed by atoms with E-state index in [0.29, 0.717) is 0 Å². The van der Waals surface area contributed by atoms with Crippen molar-refractivity contribution in [1.82, 2.24) is 0 Å². The summed E-state index contributed by atoms with van der Waals surface area (Å²) < 4.78 is 10.7. The van der Waals surface area contributed by atoms with Gasteiger partial charge in [-0.1, -0.05) is 30.4 Å². The summed E-state index contributed by atoms with van der Waals surface area (Å²) in [5.74, 6) is 1.83. The molecule has 3 heteroatoms. The van der Waals surface area contributed by atoms with Crippen LogP contribution in [-0.2, 0) is 0 Å². The molecule has 3 nitrogen and oxygen atoms in total. The van der Waals surface area contributed by atoms with E-state index in [0.717, 1.165) is 28.2 Å². The van der Waals surface area contributed by atoms with Crippen molar-refractivity contribution in [3.05, 3.63) is 53.1 Å². The van der Waals surface area contributed by atoms with Gasteiger partial charge in [-0.25, -0.2) is 0 Å². The van der Waals surface area contributed by atoms with E-state index in [4.69, 9.17) is 9.47 Å². The van der Waals surface area contributed by atoms with Crippen molar-refractivity contribution in [3.63, 3.8) is 0 Å². The van der Waals surface area contributed by atoms with Gasteiger partial charge in [-0.3, -0.25) is 0 Å². The third kappa shape index (κ3) is 2.27. The number of ether oxygens (including phenoxy) is 2. The molecule has 2 aromatic rings. The van der Waals surface area contributed by atoms with Gasteiger partial charge in [0.2, 0.25) is 6.79 Å². The molecule has 1 aliphatic heterocycles. The molecule has 3 rings (SSSR count). The van der Waals surface area contributed by atoms with Crippen molar-refractivity contribution in [3.8, 4) is 17.2 Å². The molecule has 0 aromatic heterocycles. The molecule has 1 aliphatic rings. The predicted molar refractivity (Wildman–Crippen MR) is 74.3 cm³/mol. The molecule has 2 aromatic carbocycles. The fourth-order valence-electron chi connectivity index (χ4n) is 2.05. The van der Waals surface area contributed by atoms with Crippen LogP contribution in [0.15, 0.2) is 36.4 Å². The van der Waals surface area contributed by atoms with E-state index in [9.17, 15) is 5.11 Å². The summed E-state index contributed by atoms with van der Waals surface area (Å²) in [7, 11) is 0. The quantitative estimate of drug-likeness (QED) is 0.832. The molecule has 0 saturated heterocycles. The standard InChI is InChI=1S/C16H14O3/c1-11-8-15-16(19-10-18-15)9-13(11)7-6-12-4-2-3-5-14(12)17/h2-9,17H,10H2,1H3. The second-order valence-electron chi connectivity index (χ2n) is 4.45. The van der Waals surface area contributed by atoms with Crippen molar-refractivity contribution in [2.45, 2.75) is 6.92 Å². The molecule has 0 spiro atoms. The highest BCUT2D eigenvalue weighted by molar-refractivity contribution is 5.74. The number of phenolic OH excluding ortho intramolecular Hbond substituents is 1. The van der Waals surface area contributed by atoms with Crippen LogP contribution in [0.2, 0.25) is 0 Å². The number of hydrogen-bond acceptors (Lipinski definition) is 3. The molecule has 1 N–H and O–H groups in total. The SMILES string of the molecule is Cc1cc2c(cc1C=Cc1ccccc1O)OCO2. The lowest BCUT2D eigenvalue weighted by molar-refractivity contribution is 0.174. The van der Waals surface area contributed by atoms with Gasteiger partial charge in [0, 0.05) is 5.56 Å². The van der Waals surface area contributed by atoms with E-state index in [1.165, 1.54) is 0 Å². The minimum Gasteiger partial charge on any atom is -0.507 e. The molecule has 0 amide bonds. The highest BCUT2D eigenvalue weighted by Crippen LogP contribution is 2.35. The topological polar surface area (TPSA) is 38.7 Å². The van der Waals surface area contributed by atoms with Crippen LogP contribution in [0, 0.1) is 6.92 Å². The van der Waals surface area contributed by atoms with Crippen LogP contribution in [0.3, 0.4) is 0 Å². The van der Waals surface area contributed by atoms with Gasteiger partial charge in [0.1, 0.15) is 5.75 Å². The molecular weight excluding hydrogens is 240 g/mol. The van der Waals surface area contributed by atoms with Gasteiger partial charge < -0.3 is 14.6 Å². The van der Waals surface area contributed by atoms with Crippen molar-refractivity contribution in [1.29, 1.82) is 0 Å². The molecular formula is C16H14O3. The number of aryl methyl sites for hydroxylation is 1. The number of benzene rings is 2. The van der Waals surface area contributed by atoms with Crippen molar-refractivity contribution < 1.29 is 14.6 Å². The highest BCUT2D eigenvalue weighted by Gasteiger charge is 2.14.